The van der Waals surface area contributed by atoms with Crippen molar-refractivity contribution in [3.63, 3.8) is 0 Å². The highest BCUT2D eigenvalue weighted by Crippen LogP contribution is 2.44. The first-order valence-electron chi connectivity index (χ1n) is 15.9. The van der Waals surface area contributed by atoms with Gasteiger partial charge in [-0.3, -0.25) is 14.4 Å². The van der Waals surface area contributed by atoms with Gasteiger partial charge in [0.2, 0.25) is 0 Å². The molecule has 2 aliphatic heterocycles. The van der Waals surface area contributed by atoms with Gasteiger partial charge in [-0.05, 0) is 40.7 Å². The number of rotatable bonds is 9. The van der Waals surface area contributed by atoms with Gasteiger partial charge in [-0.25, -0.2) is 9.59 Å². The Kier molecular flexibility index (Phi) is 9.78. The molecule has 13 heteroatoms. The Hall–Kier alpha value is -4.75. The molecule has 2 aromatic rings. The Morgan fingerprint density at radius 3 is 2.08 bits per heavy atom. The minimum Gasteiger partial charge on any atom is -0.456 e. The van der Waals surface area contributed by atoms with E-state index in [-0.39, 0.29) is 19.1 Å². The third-order valence-corrected chi connectivity index (χ3v) is 8.82. The highest BCUT2D eigenvalue weighted by Gasteiger charge is 2.53. The number of esters is 4. The summed E-state index contributed by atoms with van der Waals surface area (Å²) >= 11 is 0. The van der Waals surface area contributed by atoms with Crippen LogP contribution in [-0.2, 0) is 52.3 Å². The van der Waals surface area contributed by atoms with E-state index in [4.69, 9.17) is 33.2 Å². The maximum atomic E-state index is 13.1. The molecule has 2 fully saturated rings. The zero-order valence-corrected chi connectivity index (χ0v) is 26.7. The molecule has 1 saturated heterocycles. The second-order valence-electron chi connectivity index (χ2n) is 12.1. The molecule has 0 radical (unpaired) electrons. The molecule has 2 heterocycles. The number of carbonyl (C=O) groups excluding carboxylic acids is 5. The minimum atomic E-state index is -1.34. The van der Waals surface area contributed by atoms with E-state index < -0.39 is 72.9 Å². The number of fused-ring (bicyclic) bond motifs is 4. The molecular formula is C35H37NO12. The van der Waals surface area contributed by atoms with E-state index in [1.807, 2.05) is 48.5 Å². The predicted octanol–water partition coefficient (Wildman–Crippen LogP) is 3.47. The van der Waals surface area contributed by atoms with E-state index in [1.54, 1.807) is 0 Å². The summed E-state index contributed by atoms with van der Waals surface area (Å²) in [5.74, 6) is -2.75. The van der Waals surface area contributed by atoms with E-state index >= 15 is 0 Å². The highest BCUT2D eigenvalue weighted by molar-refractivity contribution is 5.86. The summed E-state index contributed by atoms with van der Waals surface area (Å²) in [6.07, 6.45) is -5.19. The van der Waals surface area contributed by atoms with Crippen LogP contribution in [0.3, 0.4) is 0 Å². The summed E-state index contributed by atoms with van der Waals surface area (Å²) in [6, 6.07) is 15.9. The van der Waals surface area contributed by atoms with Crippen molar-refractivity contribution in [3.8, 4) is 11.1 Å². The van der Waals surface area contributed by atoms with E-state index in [0.29, 0.717) is 19.3 Å². The molecule has 254 valence electrons. The zero-order valence-electron chi connectivity index (χ0n) is 26.7. The molecule has 0 spiro atoms. The summed E-state index contributed by atoms with van der Waals surface area (Å²) in [7, 11) is 0. The van der Waals surface area contributed by atoms with E-state index in [2.05, 4.69) is 5.32 Å². The lowest BCUT2D eigenvalue weighted by atomic mass is 9.90. The van der Waals surface area contributed by atoms with Crippen molar-refractivity contribution in [2.45, 2.75) is 88.9 Å². The zero-order chi connectivity index (χ0) is 33.9. The number of hydrogen-bond acceptors (Lipinski definition) is 12. The van der Waals surface area contributed by atoms with Gasteiger partial charge in [0.25, 0.3) is 0 Å². The van der Waals surface area contributed by atoms with Crippen LogP contribution in [0.2, 0.25) is 0 Å². The molecule has 13 nitrogen and oxygen atoms in total. The van der Waals surface area contributed by atoms with Gasteiger partial charge in [0.15, 0.2) is 24.6 Å². The molecule has 6 rings (SSSR count). The number of alkyl carbamates (subject to hydrolysis) is 1. The van der Waals surface area contributed by atoms with Gasteiger partial charge < -0.3 is 38.5 Å². The van der Waals surface area contributed by atoms with Crippen LogP contribution in [0.5, 0.6) is 0 Å². The van der Waals surface area contributed by atoms with Crippen molar-refractivity contribution in [2.75, 3.05) is 13.2 Å². The number of ether oxygens (including phenoxy) is 7. The van der Waals surface area contributed by atoms with Crippen LogP contribution in [0.1, 0.15) is 57.1 Å². The number of amides is 1. The van der Waals surface area contributed by atoms with Gasteiger partial charge in [0.1, 0.15) is 18.8 Å². The van der Waals surface area contributed by atoms with Crippen LogP contribution in [0.25, 0.3) is 11.1 Å². The topological polar surface area (TPSA) is 162 Å². The normalized spacial score (nSPS) is 27.4. The first-order chi connectivity index (χ1) is 23.1. The Morgan fingerprint density at radius 2 is 1.44 bits per heavy atom. The van der Waals surface area contributed by atoms with Gasteiger partial charge >= 0.3 is 30.0 Å². The molecule has 1 N–H and O–H groups in total. The number of carbonyl (C=O) groups is 5. The quantitative estimate of drug-likeness (QED) is 0.308. The standard InChI is InChI=1S/C35H37NO12/c1-18(37)43-31-29(16-36-35(41)42-17-27-25-10-6-4-8-23(25)24-9-5-7-11-26(24)27)48-34(33(45-20(3)39)32(31)44-19(2)38)46-22-13-12-21-14-30(40)47-28(21)15-22/h4-11,14,22,27-29,31-34H,12-13,15-17H2,1-3H3,(H,36,41)/t22-,28-,29-,31+,32+,33-,34+/m1/s1. The second kappa shape index (κ2) is 14.2. The molecular weight excluding hydrogens is 626 g/mol. The third-order valence-electron chi connectivity index (χ3n) is 8.82. The van der Waals surface area contributed by atoms with Crippen LogP contribution in [0.15, 0.2) is 60.2 Å². The summed E-state index contributed by atoms with van der Waals surface area (Å²) in [5, 5.41) is 2.67. The van der Waals surface area contributed by atoms with Crippen molar-refractivity contribution in [2.24, 2.45) is 0 Å². The Bertz CT molecular complexity index is 1570. The van der Waals surface area contributed by atoms with Crippen LogP contribution in [0.4, 0.5) is 4.79 Å². The van der Waals surface area contributed by atoms with Crippen molar-refractivity contribution < 1.29 is 57.1 Å². The van der Waals surface area contributed by atoms with Gasteiger partial charge in [-0.2, -0.15) is 0 Å². The van der Waals surface area contributed by atoms with Crippen LogP contribution >= 0.6 is 0 Å². The first-order valence-corrected chi connectivity index (χ1v) is 15.9. The maximum absolute atomic E-state index is 13.1. The Labute approximate surface area is 276 Å². The summed E-state index contributed by atoms with van der Waals surface area (Å²) in [5.41, 5.74) is 5.15. The summed E-state index contributed by atoms with van der Waals surface area (Å²) in [6.45, 7) is 3.33. The molecule has 48 heavy (non-hydrogen) atoms. The first kappa shape index (κ1) is 33.2. The fraction of sp³-hybridized carbons (Fsp3) is 0.457. The average Bonchev–Trinajstić information content (AvgIpc) is 3.57. The fourth-order valence-corrected chi connectivity index (χ4v) is 6.89. The smallest absolute Gasteiger partial charge is 0.407 e. The average molecular weight is 664 g/mol. The number of hydrogen-bond donors (Lipinski definition) is 1. The SMILES string of the molecule is CC(=O)O[C@H]1[C@@H](OC(C)=O)[C@@H](CNC(=O)OCC2c3ccccc3-c3ccccc32)O[C@H](O[C@@H]2CCC3=CC(=O)O[C@@H]3C2)[C@@H]1OC(C)=O. The van der Waals surface area contributed by atoms with Gasteiger partial charge in [-0.1, -0.05) is 48.5 Å². The fourth-order valence-electron chi connectivity index (χ4n) is 6.89. The summed E-state index contributed by atoms with van der Waals surface area (Å²) < 4.78 is 40.2. The van der Waals surface area contributed by atoms with E-state index in [9.17, 15) is 24.0 Å². The predicted molar refractivity (Wildman–Crippen MR) is 165 cm³/mol. The third kappa shape index (κ3) is 7.21. The molecule has 0 unspecified atom stereocenters. The minimum absolute atomic E-state index is 0.0684. The van der Waals surface area contributed by atoms with Crippen LogP contribution in [-0.4, -0.2) is 86.0 Å². The maximum Gasteiger partial charge on any atom is 0.407 e. The van der Waals surface area contributed by atoms with Crippen molar-refractivity contribution in [3.05, 3.63) is 71.3 Å². The Balaban J connectivity index is 1.17. The molecule has 0 aromatic heterocycles. The van der Waals surface area contributed by atoms with Crippen molar-refractivity contribution in [1.82, 2.24) is 5.32 Å². The molecule has 1 amide bonds. The van der Waals surface area contributed by atoms with Crippen molar-refractivity contribution in [1.29, 1.82) is 0 Å². The summed E-state index contributed by atoms with van der Waals surface area (Å²) in [4.78, 5) is 61.5. The lowest BCUT2D eigenvalue weighted by molar-refractivity contribution is -0.313. The Morgan fingerprint density at radius 1 is 0.833 bits per heavy atom. The number of nitrogens with one attached hydrogen (secondary N) is 1. The molecule has 2 aliphatic carbocycles. The lowest BCUT2D eigenvalue weighted by Gasteiger charge is -2.45. The van der Waals surface area contributed by atoms with Gasteiger partial charge in [0.05, 0.1) is 12.6 Å². The highest BCUT2D eigenvalue weighted by atomic mass is 16.7. The molecule has 2 aromatic carbocycles. The molecule has 4 aliphatic rings. The van der Waals surface area contributed by atoms with E-state index in [1.165, 1.54) is 19.9 Å². The molecule has 1 saturated carbocycles. The lowest BCUT2D eigenvalue weighted by Crippen LogP contribution is -2.64. The van der Waals surface area contributed by atoms with Gasteiger partial charge in [-0.15, -0.1) is 0 Å². The van der Waals surface area contributed by atoms with Crippen LogP contribution < -0.4 is 5.32 Å². The number of benzene rings is 2. The monoisotopic (exact) mass is 663 g/mol. The van der Waals surface area contributed by atoms with Gasteiger partial charge in [0, 0.05) is 39.2 Å². The molecule has 0 bridgehead atoms. The van der Waals surface area contributed by atoms with E-state index in [0.717, 1.165) is 34.8 Å². The van der Waals surface area contributed by atoms with Crippen LogP contribution in [0, 0.1) is 0 Å². The van der Waals surface area contributed by atoms with Crippen molar-refractivity contribution >= 4 is 30.0 Å². The second-order valence-corrected chi connectivity index (χ2v) is 12.1. The largest absolute Gasteiger partial charge is 0.456 e. The molecule has 7 atom stereocenters.